The smallest absolute Gasteiger partial charge is 0.128 e. The van der Waals surface area contributed by atoms with Crippen molar-refractivity contribution in [2.45, 2.75) is 46.3 Å². The minimum Gasteiger partial charge on any atom is -0.389 e. The Hall–Kier alpha value is -1.13. The fraction of sp³-hybridized carbons (Fsp3) is 0.625. The summed E-state index contributed by atoms with van der Waals surface area (Å²) in [5, 5.41) is 12.9. The summed E-state index contributed by atoms with van der Waals surface area (Å²) in [7, 11) is 0. The molecular weight excluding hydrogens is 257 g/mol. The molecule has 0 saturated carbocycles. The quantitative estimate of drug-likeness (QED) is 0.768. The molecule has 0 bridgehead atoms. The predicted octanol–water partition coefficient (Wildman–Crippen LogP) is 3.36. The Morgan fingerprint density at radius 2 is 2.00 bits per heavy atom. The summed E-state index contributed by atoms with van der Waals surface area (Å²) in [6, 6.07) is 4.87. The van der Waals surface area contributed by atoms with E-state index in [-0.39, 0.29) is 18.5 Å². The second kappa shape index (κ2) is 8.22. The van der Waals surface area contributed by atoms with E-state index >= 15 is 0 Å². The lowest BCUT2D eigenvalue weighted by Gasteiger charge is -2.19. The van der Waals surface area contributed by atoms with Crippen LogP contribution in [0.5, 0.6) is 0 Å². The minimum atomic E-state index is -0.604. The van der Waals surface area contributed by atoms with Gasteiger partial charge in [0.05, 0.1) is 18.8 Å². The number of aliphatic hydroxyl groups excluding tert-OH is 1. The van der Waals surface area contributed by atoms with Crippen LogP contribution in [0, 0.1) is 18.7 Å². The van der Waals surface area contributed by atoms with Crippen LogP contribution in [-0.2, 0) is 4.74 Å². The van der Waals surface area contributed by atoms with E-state index in [0.717, 1.165) is 6.42 Å². The maximum absolute atomic E-state index is 13.4. The average molecular weight is 283 g/mol. The Balaban J connectivity index is 2.33. The Kier molecular flexibility index (Phi) is 6.96. The molecule has 0 heterocycles. The average Bonchev–Trinajstić information content (AvgIpc) is 2.37. The van der Waals surface area contributed by atoms with Crippen molar-refractivity contribution in [3.8, 4) is 0 Å². The van der Waals surface area contributed by atoms with Crippen molar-refractivity contribution in [3.63, 3.8) is 0 Å². The van der Waals surface area contributed by atoms with Crippen LogP contribution in [0.25, 0.3) is 0 Å². The van der Waals surface area contributed by atoms with E-state index < -0.39 is 6.10 Å². The first kappa shape index (κ1) is 16.9. The normalized spacial score (nSPS) is 14.3. The van der Waals surface area contributed by atoms with Crippen molar-refractivity contribution in [1.82, 2.24) is 0 Å². The molecule has 1 rings (SSSR count). The first-order chi connectivity index (χ1) is 9.40. The van der Waals surface area contributed by atoms with Gasteiger partial charge in [0.1, 0.15) is 5.82 Å². The van der Waals surface area contributed by atoms with Crippen molar-refractivity contribution >= 4 is 5.69 Å². The molecule has 2 N–H and O–H groups in total. The van der Waals surface area contributed by atoms with Crippen LogP contribution in [0.2, 0.25) is 0 Å². The number of rotatable bonds is 8. The van der Waals surface area contributed by atoms with Gasteiger partial charge in [-0.3, -0.25) is 0 Å². The molecule has 2 atom stereocenters. The highest BCUT2D eigenvalue weighted by atomic mass is 19.1. The fourth-order valence-corrected chi connectivity index (χ4v) is 2.09. The molecule has 0 aliphatic carbocycles. The topological polar surface area (TPSA) is 41.5 Å². The first-order valence-corrected chi connectivity index (χ1v) is 7.18. The van der Waals surface area contributed by atoms with Crippen LogP contribution in [0.1, 0.15) is 32.8 Å². The molecule has 0 saturated heterocycles. The van der Waals surface area contributed by atoms with Gasteiger partial charge in [0, 0.05) is 17.8 Å². The molecule has 0 radical (unpaired) electrons. The summed E-state index contributed by atoms with van der Waals surface area (Å²) in [6.45, 7) is 8.64. The van der Waals surface area contributed by atoms with Gasteiger partial charge < -0.3 is 15.2 Å². The van der Waals surface area contributed by atoms with Crippen LogP contribution in [-0.4, -0.2) is 30.5 Å². The molecule has 0 amide bonds. The molecule has 1 aromatic rings. The van der Waals surface area contributed by atoms with Gasteiger partial charge in [-0.15, -0.1) is 0 Å². The van der Waals surface area contributed by atoms with E-state index in [9.17, 15) is 9.50 Å². The second-order valence-electron chi connectivity index (χ2n) is 5.72. The molecule has 3 nitrogen and oxygen atoms in total. The van der Waals surface area contributed by atoms with E-state index in [0.29, 0.717) is 23.7 Å². The number of hydrogen-bond acceptors (Lipinski definition) is 3. The number of ether oxygens (including phenoxy) is 1. The van der Waals surface area contributed by atoms with Crippen molar-refractivity contribution < 1.29 is 14.2 Å². The molecule has 0 fully saturated rings. The molecule has 114 valence electrons. The highest BCUT2D eigenvalue weighted by molar-refractivity contribution is 5.50. The number of hydrogen-bond donors (Lipinski definition) is 2. The molecule has 0 aliphatic rings. The van der Waals surface area contributed by atoms with E-state index in [1.54, 1.807) is 19.1 Å². The highest BCUT2D eigenvalue weighted by Crippen LogP contribution is 2.17. The molecule has 20 heavy (non-hydrogen) atoms. The van der Waals surface area contributed by atoms with Crippen molar-refractivity contribution in [2.75, 3.05) is 18.5 Å². The van der Waals surface area contributed by atoms with Crippen LogP contribution < -0.4 is 5.32 Å². The van der Waals surface area contributed by atoms with Gasteiger partial charge in [0.2, 0.25) is 0 Å². The standard InChI is InChI=1S/C16H26FNO2/c1-11(2)8-12(3)20-10-14(19)9-18-16-7-5-6-15(17)13(16)4/h5-7,11-12,14,18-19H,8-10H2,1-4H3. The third kappa shape index (κ3) is 5.88. The van der Waals surface area contributed by atoms with Gasteiger partial charge in [-0.2, -0.15) is 0 Å². The lowest BCUT2D eigenvalue weighted by molar-refractivity contribution is -0.00444. The number of halogens is 1. The Morgan fingerprint density at radius 1 is 1.30 bits per heavy atom. The first-order valence-electron chi connectivity index (χ1n) is 7.18. The maximum atomic E-state index is 13.4. The molecule has 1 aromatic carbocycles. The van der Waals surface area contributed by atoms with Gasteiger partial charge in [0.15, 0.2) is 0 Å². The Morgan fingerprint density at radius 3 is 2.65 bits per heavy atom. The number of aliphatic hydroxyl groups is 1. The zero-order valence-corrected chi connectivity index (χ0v) is 12.8. The summed E-state index contributed by atoms with van der Waals surface area (Å²) in [4.78, 5) is 0. The third-order valence-corrected chi connectivity index (χ3v) is 3.17. The van der Waals surface area contributed by atoms with E-state index in [1.807, 2.05) is 6.92 Å². The monoisotopic (exact) mass is 283 g/mol. The van der Waals surface area contributed by atoms with Gasteiger partial charge >= 0.3 is 0 Å². The fourth-order valence-electron chi connectivity index (χ4n) is 2.09. The molecular formula is C16H26FNO2. The number of anilines is 1. The Labute approximate surface area is 121 Å². The molecule has 4 heteroatoms. The third-order valence-electron chi connectivity index (χ3n) is 3.17. The van der Waals surface area contributed by atoms with Gasteiger partial charge in [-0.05, 0) is 38.3 Å². The summed E-state index contributed by atoms with van der Waals surface area (Å²) in [5.41, 5.74) is 1.27. The van der Waals surface area contributed by atoms with Crippen molar-refractivity contribution in [2.24, 2.45) is 5.92 Å². The SMILES string of the molecule is Cc1c(F)cccc1NCC(O)COC(C)CC(C)C. The zero-order chi connectivity index (χ0) is 15.1. The largest absolute Gasteiger partial charge is 0.389 e. The summed E-state index contributed by atoms with van der Waals surface area (Å²) in [5.74, 6) is 0.335. The van der Waals surface area contributed by atoms with Crippen LogP contribution >= 0.6 is 0 Å². The van der Waals surface area contributed by atoms with Crippen LogP contribution in [0.15, 0.2) is 18.2 Å². The molecule has 0 aromatic heterocycles. The summed E-state index contributed by atoms with van der Waals surface area (Å²) < 4.78 is 18.9. The molecule has 0 spiro atoms. The van der Waals surface area contributed by atoms with Crippen LogP contribution in [0.3, 0.4) is 0 Å². The van der Waals surface area contributed by atoms with E-state index in [2.05, 4.69) is 19.2 Å². The van der Waals surface area contributed by atoms with Crippen molar-refractivity contribution in [1.29, 1.82) is 0 Å². The number of nitrogens with one attached hydrogen (secondary N) is 1. The molecule has 0 aliphatic heterocycles. The maximum Gasteiger partial charge on any atom is 0.128 e. The van der Waals surface area contributed by atoms with Gasteiger partial charge in [-0.1, -0.05) is 19.9 Å². The van der Waals surface area contributed by atoms with Gasteiger partial charge in [0.25, 0.3) is 0 Å². The van der Waals surface area contributed by atoms with Crippen molar-refractivity contribution in [3.05, 3.63) is 29.6 Å². The Bertz CT molecular complexity index is 409. The summed E-state index contributed by atoms with van der Waals surface area (Å²) in [6.07, 6.45) is 0.510. The second-order valence-corrected chi connectivity index (χ2v) is 5.72. The van der Waals surface area contributed by atoms with E-state index in [4.69, 9.17) is 4.74 Å². The van der Waals surface area contributed by atoms with E-state index in [1.165, 1.54) is 6.07 Å². The lowest BCUT2D eigenvalue weighted by atomic mass is 10.1. The van der Waals surface area contributed by atoms with Gasteiger partial charge in [-0.25, -0.2) is 4.39 Å². The predicted molar refractivity (Wildman–Crippen MR) is 80.5 cm³/mol. The van der Waals surface area contributed by atoms with Crippen LogP contribution in [0.4, 0.5) is 10.1 Å². The molecule has 2 unspecified atom stereocenters. The minimum absolute atomic E-state index is 0.139. The number of benzene rings is 1. The zero-order valence-electron chi connectivity index (χ0n) is 12.8. The summed E-state index contributed by atoms with van der Waals surface area (Å²) >= 11 is 0. The lowest BCUT2D eigenvalue weighted by Crippen LogP contribution is -2.27. The highest BCUT2D eigenvalue weighted by Gasteiger charge is 2.10.